The Hall–Kier alpha value is -3.29. The third-order valence-electron chi connectivity index (χ3n) is 5.08. The molecular weight excluding hydrogens is 372 g/mol. The summed E-state index contributed by atoms with van der Waals surface area (Å²) in [6.45, 7) is 4.25. The molecule has 1 unspecified atom stereocenters. The molecule has 1 aliphatic heterocycles. The van der Waals surface area contributed by atoms with Gasteiger partial charge in [-0.25, -0.2) is 9.48 Å². The topological polar surface area (TPSA) is 94.3 Å². The molecule has 0 saturated heterocycles. The number of allylic oxidation sites excluding steroid dienone is 1. The molecule has 1 aliphatic rings. The van der Waals surface area contributed by atoms with Crippen LogP contribution in [0, 0.1) is 6.92 Å². The van der Waals surface area contributed by atoms with Crippen molar-refractivity contribution in [2.45, 2.75) is 32.7 Å². The van der Waals surface area contributed by atoms with E-state index < -0.39 is 28.9 Å². The predicted molar refractivity (Wildman–Crippen MR) is 108 cm³/mol. The second-order valence-electron chi connectivity index (χ2n) is 7.50. The summed E-state index contributed by atoms with van der Waals surface area (Å²) in [6.07, 6.45) is 2.20. The first kappa shape index (κ1) is 20.4. The molecule has 1 aromatic heterocycles. The standard InChI is InChI=1S/C21H24N4O4/c1-13-6-5-7-15(10-13)12-25-19(27)17(22-24(4)21(25)29)16-11-14(2)8-9-23(3)20(28)18(16)26/h5-7,10-11,16H,8-9,12H2,1-4H3. The quantitative estimate of drug-likeness (QED) is 0.564. The van der Waals surface area contributed by atoms with Gasteiger partial charge in [0.15, 0.2) is 0 Å². The van der Waals surface area contributed by atoms with E-state index in [0.29, 0.717) is 13.0 Å². The van der Waals surface area contributed by atoms with Gasteiger partial charge in [0, 0.05) is 20.6 Å². The van der Waals surface area contributed by atoms with E-state index in [1.54, 1.807) is 13.1 Å². The summed E-state index contributed by atoms with van der Waals surface area (Å²) in [4.78, 5) is 52.3. The summed E-state index contributed by atoms with van der Waals surface area (Å²) >= 11 is 0. The van der Waals surface area contributed by atoms with E-state index in [0.717, 1.165) is 25.9 Å². The maximum Gasteiger partial charge on any atom is 0.347 e. The number of carbonyl (C=O) groups excluding carboxylic acids is 2. The van der Waals surface area contributed by atoms with Crippen LogP contribution in [-0.4, -0.2) is 44.5 Å². The van der Waals surface area contributed by atoms with Gasteiger partial charge in [-0.3, -0.25) is 19.0 Å². The smallest absolute Gasteiger partial charge is 0.339 e. The monoisotopic (exact) mass is 396 g/mol. The van der Waals surface area contributed by atoms with Crippen molar-refractivity contribution < 1.29 is 9.59 Å². The van der Waals surface area contributed by atoms with Crippen molar-refractivity contribution in [1.82, 2.24) is 19.2 Å². The molecule has 1 amide bonds. The van der Waals surface area contributed by atoms with E-state index in [9.17, 15) is 19.2 Å². The van der Waals surface area contributed by atoms with Gasteiger partial charge in [-0.15, -0.1) is 0 Å². The minimum absolute atomic E-state index is 0.0557. The molecule has 29 heavy (non-hydrogen) atoms. The summed E-state index contributed by atoms with van der Waals surface area (Å²) in [5.41, 5.74) is 1.31. The van der Waals surface area contributed by atoms with E-state index in [4.69, 9.17) is 0 Å². The molecule has 0 N–H and O–H groups in total. The van der Waals surface area contributed by atoms with Crippen LogP contribution < -0.4 is 11.2 Å². The molecule has 1 aromatic carbocycles. The molecule has 0 aliphatic carbocycles. The maximum absolute atomic E-state index is 13.1. The average molecular weight is 396 g/mol. The van der Waals surface area contributed by atoms with Gasteiger partial charge in [0.25, 0.3) is 11.5 Å². The van der Waals surface area contributed by atoms with Crippen molar-refractivity contribution in [3.05, 3.63) is 73.6 Å². The molecule has 0 fully saturated rings. The number of hydrogen-bond donors (Lipinski definition) is 0. The van der Waals surface area contributed by atoms with Crippen molar-refractivity contribution in [2.75, 3.05) is 13.6 Å². The van der Waals surface area contributed by atoms with Gasteiger partial charge in [-0.05, 0) is 25.8 Å². The zero-order chi connectivity index (χ0) is 21.3. The lowest BCUT2D eigenvalue weighted by molar-refractivity contribution is -0.144. The second kappa shape index (κ2) is 7.98. The Bertz CT molecular complexity index is 1130. The number of rotatable bonds is 3. The highest BCUT2D eigenvalue weighted by molar-refractivity contribution is 6.38. The van der Waals surface area contributed by atoms with Crippen LogP contribution in [-0.2, 0) is 23.2 Å². The van der Waals surface area contributed by atoms with Crippen molar-refractivity contribution in [2.24, 2.45) is 7.05 Å². The number of nitrogens with zero attached hydrogens (tertiary/aromatic N) is 4. The summed E-state index contributed by atoms with van der Waals surface area (Å²) in [5, 5.41) is 4.07. The molecule has 2 aromatic rings. The van der Waals surface area contributed by atoms with E-state index >= 15 is 0 Å². The molecule has 1 atom stereocenters. The first-order chi connectivity index (χ1) is 13.7. The normalized spacial score (nSPS) is 17.7. The number of amides is 1. The Kier molecular flexibility index (Phi) is 5.63. The Morgan fingerprint density at radius 1 is 1.10 bits per heavy atom. The van der Waals surface area contributed by atoms with Gasteiger partial charge in [-0.1, -0.05) is 41.5 Å². The molecule has 3 rings (SSSR count). The number of aromatic nitrogens is 3. The van der Waals surface area contributed by atoms with Crippen LogP contribution in [0.2, 0.25) is 0 Å². The first-order valence-electron chi connectivity index (χ1n) is 9.39. The Morgan fingerprint density at radius 2 is 1.83 bits per heavy atom. The molecule has 8 nitrogen and oxygen atoms in total. The van der Waals surface area contributed by atoms with Crippen LogP contribution in [0.15, 0.2) is 45.5 Å². The van der Waals surface area contributed by atoms with Gasteiger partial charge in [-0.2, -0.15) is 5.10 Å². The van der Waals surface area contributed by atoms with Crippen LogP contribution in [0.25, 0.3) is 0 Å². The molecule has 152 valence electrons. The number of Topliss-reactive ketones (excluding diaryl/α,β-unsaturated/α-hetero) is 1. The molecule has 0 bridgehead atoms. The largest absolute Gasteiger partial charge is 0.347 e. The number of ketones is 1. The SMILES string of the molecule is CC1=CC(c2nn(C)c(=O)n(Cc3cccc(C)c3)c2=O)C(=O)C(=O)N(C)CC1. The van der Waals surface area contributed by atoms with Crippen molar-refractivity contribution in [1.29, 1.82) is 0 Å². The van der Waals surface area contributed by atoms with Crippen LogP contribution >= 0.6 is 0 Å². The van der Waals surface area contributed by atoms with E-state index in [1.165, 1.54) is 11.9 Å². The fourth-order valence-corrected chi connectivity index (χ4v) is 3.39. The molecule has 0 radical (unpaired) electrons. The Balaban J connectivity index is 2.15. The minimum Gasteiger partial charge on any atom is -0.339 e. The van der Waals surface area contributed by atoms with Gasteiger partial charge >= 0.3 is 5.69 Å². The highest BCUT2D eigenvalue weighted by atomic mass is 16.2. The summed E-state index contributed by atoms with van der Waals surface area (Å²) in [7, 11) is 2.98. The molecule has 2 heterocycles. The molecule has 0 spiro atoms. The van der Waals surface area contributed by atoms with Gasteiger partial charge in [0.05, 0.1) is 12.5 Å². The lowest BCUT2D eigenvalue weighted by atomic mass is 9.94. The van der Waals surface area contributed by atoms with Crippen molar-refractivity contribution in [3.63, 3.8) is 0 Å². The van der Waals surface area contributed by atoms with Crippen LogP contribution in [0.5, 0.6) is 0 Å². The van der Waals surface area contributed by atoms with Gasteiger partial charge in [0.1, 0.15) is 5.69 Å². The zero-order valence-corrected chi connectivity index (χ0v) is 17.0. The van der Waals surface area contributed by atoms with Crippen LogP contribution in [0.1, 0.15) is 36.1 Å². The lowest BCUT2D eigenvalue weighted by Gasteiger charge is -2.22. The summed E-state index contributed by atoms with van der Waals surface area (Å²) in [5.74, 6) is -2.51. The van der Waals surface area contributed by atoms with Crippen LogP contribution in [0.4, 0.5) is 0 Å². The van der Waals surface area contributed by atoms with Crippen LogP contribution in [0.3, 0.4) is 0 Å². The van der Waals surface area contributed by atoms with E-state index in [2.05, 4.69) is 5.10 Å². The zero-order valence-electron chi connectivity index (χ0n) is 17.0. The number of hydrogen-bond acceptors (Lipinski definition) is 5. The molecule has 8 heteroatoms. The first-order valence-corrected chi connectivity index (χ1v) is 9.39. The fourth-order valence-electron chi connectivity index (χ4n) is 3.39. The van der Waals surface area contributed by atoms with Gasteiger partial charge in [0.2, 0.25) is 5.78 Å². The Morgan fingerprint density at radius 3 is 2.52 bits per heavy atom. The molecule has 0 saturated carbocycles. The molecular formula is C21H24N4O4. The van der Waals surface area contributed by atoms with Crippen molar-refractivity contribution >= 4 is 11.7 Å². The lowest BCUT2D eigenvalue weighted by Crippen LogP contribution is -2.46. The highest BCUT2D eigenvalue weighted by Crippen LogP contribution is 2.20. The average Bonchev–Trinajstić information content (AvgIpc) is 2.69. The number of carbonyl (C=O) groups is 2. The highest BCUT2D eigenvalue weighted by Gasteiger charge is 2.33. The Labute approximate surface area is 168 Å². The third kappa shape index (κ3) is 4.11. The fraction of sp³-hybridized carbons (Fsp3) is 0.381. The minimum atomic E-state index is -1.12. The predicted octanol–water partition coefficient (Wildman–Crippen LogP) is 0.760. The second-order valence-corrected chi connectivity index (χ2v) is 7.50. The van der Waals surface area contributed by atoms with Crippen molar-refractivity contribution in [3.8, 4) is 0 Å². The maximum atomic E-state index is 13.1. The van der Waals surface area contributed by atoms with E-state index in [1.807, 2.05) is 38.1 Å². The number of likely N-dealkylation sites (N-methyl/N-ethyl adjacent to an activating group) is 1. The summed E-state index contributed by atoms with van der Waals surface area (Å²) < 4.78 is 2.09. The summed E-state index contributed by atoms with van der Waals surface area (Å²) in [6, 6.07) is 7.48. The third-order valence-corrected chi connectivity index (χ3v) is 5.08. The van der Waals surface area contributed by atoms with Gasteiger partial charge < -0.3 is 4.90 Å². The number of aryl methyl sites for hydroxylation is 2. The number of benzene rings is 1. The van der Waals surface area contributed by atoms with E-state index in [-0.39, 0.29) is 12.2 Å².